The normalized spacial score (nSPS) is 17.3. The fourth-order valence-corrected chi connectivity index (χ4v) is 6.77. The van der Waals surface area contributed by atoms with Crippen molar-refractivity contribution in [2.75, 3.05) is 35.6 Å². The summed E-state index contributed by atoms with van der Waals surface area (Å²) in [6.45, 7) is 2.72. The molecule has 2 amide bonds. The van der Waals surface area contributed by atoms with Crippen LogP contribution >= 0.6 is 11.8 Å². The number of carbonyl (C=O) groups excluding carboxylic acids is 2. The summed E-state index contributed by atoms with van der Waals surface area (Å²) in [5.41, 5.74) is 4.82. The molecule has 4 aromatic rings. The van der Waals surface area contributed by atoms with Crippen LogP contribution in [0.15, 0.2) is 96.1 Å². The van der Waals surface area contributed by atoms with Gasteiger partial charge in [-0.1, -0.05) is 36.4 Å². The lowest BCUT2D eigenvalue weighted by molar-refractivity contribution is 0.0954. The van der Waals surface area contributed by atoms with Crippen molar-refractivity contribution in [3.63, 3.8) is 0 Å². The minimum Gasteiger partial charge on any atom is -0.369 e. The Labute approximate surface area is 249 Å². The Hall–Kier alpha value is -4.37. The molecule has 214 valence electrons. The Morgan fingerprint density at radius 2 is 1.71 bits per heavy atom. The Balaban J connectivity index is 1.19. The first-order valence-corrected chi connectivity index (χ1v) is 15.4. The third kappa shape index (κ3) is 6.26. The lowest BCUT2D eigenvalue weighted by Gasteiger charge is -2.44. The van der Waals surface area contributed by atoms with Gasteiger partial charge in [-0.2, -0.15) is 11.8 Å². The summed E-state index contributed by atoms with van der Waals surface area (Å²) in [4.78, 5) is 45.1. The molecule has 1 saturated heterocycles. The number of aromatic nitrogens is 2. The van der Waals surface area contributed by atoms with Gasteiger partial charge in [0.2, 0.25) is 0 Å². The first-order valence-electron chi connectivity index (χ1n) is 14.2. The zero-order valence-corrected chi connectivity index (χ0v) is 24.1. The van der Waals surface area contributed by atoms with Gasteiger partial charge < -0.3 is 20.1 Å². The van der Waals surface area contributed by atoms with Crippen LogP contribution in [0.1, 0.15) is 44.3 Å². The standard InChI is InChI=1S/C33H33N5O3S/c39-31-8-4-7-29-27-17-24(20-38(29)31)19-37(21-27)30-10-9-26(18-28(30)36-33(41)25-11-13-34-14-12-25)32(40)35-15-16-42-22-23-5-2-1-3-6-23/h1-14,18,24,27H,15-17,19-22H2,(H,35,40)(H,36,41). The molecule has 0 aliphatic carbocycles. The molecule has 42 heavy (non-hydrogen) atoms. The van der Waals surface area contributed by atoms with Gasteiger partial charge in [-0.05, 0) is 54.3 Å². The second-order valence-corrected chi connectivity index (χ2v) is 11.9. The van der Waals surface area contributed by atoms with E-state index in [1.807, 2.05) is 47.0 Å². The predicted octanol–water partition coefficient (Wildman–Crippen LogP) is 4.78. The molecule has 6 rings (SSSR count). The third-order valence-electron chi connectivity index (χ3n) is 7.91. The van der Waals surface area contributed by atoms with Gasteiger partial charge in [-0.25, -0.2) is 0 Å². The minimum atomic E-state index is -0.261. The zero-order valence-electron chi connectivity index (χ0n) is 23.2. The number of carbonyl (C=O) groups is 2. The molecule has 0 spiro atoms. The molecule has 2 aromatic heterocycles. The maximum absolute atomic E-state index is 13.2. The molecule has 9 heteroatoms. The van der Waals surface area contributed by atoms with Gasteiger partial charge >= 0.3 is 0 Å². The second-order valence-electron chi connectivity index (χ2n) is 10.8. The predicted molar refractivity (Wildman–Crippen MR) is 167 cm³/mol. The summed E-state index contributed by atoms with van der Waals surface area (Å²) >= 11 is 1.77. The zero-order chi connectivity index (χ0) is 28.9. The summed E-state index contributed by atoms with van der Waals surface area (Å²) in [6, 6.07) is 24.6. The first kappa shape index (κ1) is 27.8. The Bertz CT molecular complexity index is 1630. The van der Waals surface area contributed by atoms with Crippen LogP contribution < -0.4 is 21.1 Å². The first-order chi connectivity index (χ1) is 20.5. The molecule has 2 aliphatic rings. The van der Waals surface area contributed by atoms with E-state index in [1.54, 1.807) is 48.4 Å². The van der Waals surface area contributed by atoms with E-state index in [-0.39, 0.29) is 23.3 Å². The van der Waals surface area contributed by atoms with Gasteiger partial charge in [0, 0.05) is 78.9 Å². The van der Waals surface area contributed by atoms with Crippen LogP contribution in [0.25, 0.3) is 0 Å². The van der Waals surface area contributed by atoms with Crippen molar-refractivity contribution in [2.45, 2.75) is 24.6 Å². The quantitative estimate of drug-likeness (QED) is 0.277. The van der Waals surface area contributed by atoms with Crippen LogP contribution in [0.4, 0.5) is 11.4 Å². The molecule has 0 radical (unpaired) electrons. The maximum atomic E-state index is 13.2. The van der Waals surface area contributed by atoms with Gasteiger partial charge in [0.25, 0.3) is 17.4 Å². The number of benzene rings is 2. The van der Waals surface area contributed by atoms with E-state index in [0.29, 0.717) is 35.8 Å². The number of hydrogen-bond donors (Lipinski definition) is 2. The van der Waals surface area contributed by atoms with E-state index in [4.69, 9.17) is 0 Å². The molecule has 2 atom stereocenters. The topological polar surface area (TPSA) is 96.3 Å². The highest BCUT2D eigenvalue weighted by atomic mass is 32.2. The molecular formula is C33H33N5O3S. The van der Waals surface area contributed by atoms with Gasteiger partial charge in [0.1, 0.15) is 0 Å². The SMILES string of the molecule is O=C(NCCSCc1ccccc1)c1ccc(N2CC3CC(C2)c2cccc(=O)n2C3)c(NC(=O)c2ccncc2)c1. The average molecular weight is 580 g/mol. The van der Waals surface area contributed by atoms with E-state index in [2.05, 4.69) is 32.7 Å². The van der Waals surface area contributed by atoms with Crippen LogP contribution in [0.5, 0.6) is 0 Å². The Kier molecular flexibility index (Phi) is 8.37. The highest BCUT2D eigenvalue weighted by Crippen LogP contribution is 2.39. The summed E-state index contributed by atoms with van der Waals surface area (Å²) in [5.74, 6) is 1.79. The van der Waals surface area contributed by atoms with Crippen molar-refractivity contribution in [3.05, 3.63) is 124 Å². The molecule has 2 bridgehead atoms. The van der Waals surface area contributed by atoms with E-state index < -0.39 is 0 Å². The number of fused-ring (bicyclic) bond motifs is 4. The van der Waals surface area contributed by atoms with Crippen LogP contribution in [0, 0.1) is 5.92 Å². The summed E-state index contributed by atoms with van der Waals surface area (Å²) in [6.07, 6.45) is 4.20. The molecule has 2 N–H and O–H groups in total. The lowest BCUT2D eigenvalue weighted by Crippen LogP contribution is -2.47. The van der Waals surface area contributed by atoms with Crippen molar-refractivity contribution < 1.29 is 9.59 Å². The van der Waals surface area contributed by atoms with Gasteiger partial charge in [-0.3, -0.25) is 19.4 Å². The Morgan fingerprint density at radius 3 is 2.55 bits per heavy atom. The average Bonchev–Trinajstić information content (AvgIpc) is 3.02. The number of thioether (sulfide) groups is 1. The van der Waals surface area contributed by atoms with E-state index in [1.165, 1.54) is 5.56 Å². The molecule has 4 heterocycles. The van der Waals surface area contributed by atoms with E-state index >= 15 is 0 Å². The van der Waals surface area contributed by atoms with Gasteiger partial charge in [0.15, 0.2) is 0 Å². The molecule has 8 nitrogen and oxygen atoms in total. The van der Waals surface area contributed by atoms with Crippen molar-refractivity contribution in [2.24, 2.45) is 5.92 Å². The second kappa shape index (κ2) is 12.7. The van der Waals surface area contributed by atoms with Crippen LogP contribution in [-0.4, -0.2) is 46.8 Å². The van der Waals surface area contributed by atoms with Crippen molar-refractivity contribution in [1.82, 2.24) is 14.9 Å². The van der Waals surface area contributed by atoms with Crippen LogP contribution in [0.3, 0.4) is 0 Å². The van der Waals surface area contributed by atoms with Crippen molar-refractivity contribution in [3.8, 4) is 0 Å². The number of amides is 2. The van der Waals surface area contributed by atoms with E-state index in [9.17, 15) is 14.4 Å². The fourth-order valence-electron chi connectivity index (χ4n) is 5.95. The largest absolute Gasteiger partial charge is 0.369 e. The van der Waals surface area contributed by atoms with Crippen molar-refractivity contribution >= 4 is 35.0 Å². The summed E-state index contributed by atoms with van der Waals surface area (Å²) in [7, 11) is 0. The minimum absolute atomic E-state index is 0.0507. The Morgan fingerprint density at radius 1 is 0.881 bits per heavy atom. The molecule has 2 aromatic carbocycles. The number of nitrogens with one attached hydrogen (secondary N) is 2. The molecular weight excluding hydrogens is 546 g/mol. The molecule has 0 saturated carbocycles. The van der Waals surface area contributed by atoms with Gasteiger partial charge in [0.05, 0.1) is 11.4 Å². The van der Waals surface area contributed by atoms with Crippen molar-refractivity contribution in [1.29, 1.82) is 0 Å². The molecule has 2 aliphatic heterocycles. The number of rotatable bonds is 9. The number of piperidine rings is 1. The fraction of sp³-hybridized carbons (Fsp3) is 0.273. The highest BCUT2D eigenvalue weighted by molar-refractivity contribution is 7.98. The summed E-state index contributed by atoms with van der Waals surface area (Å²) in [5, 5.41) is 6.08. The van der Waals surface area contributed by atoms with E-state index in [0.717, 1.165) is 42.4 Å². The number of nitrogens with zero attached hydrogens (tertiary/aromatic N) is 3. The third-order valence-corrected chi connectivity index (χ3v) is 8.94. The monoisotopic (exact) mass is 579 g/mol. The smallest absolute Gasteiger partial charge is 0.255 e. The highest BCUT2D eigenvalue weighted by Gasteiger charge is 2.35. The lowest BCUT2D eigenvalue weighted by atomic mass is 9.83. The number of pyridine rings is 2. The summed E-state index contributed by atoms with van der Waals surface area (Å²) < 4.78 is 1.91. The molecule has 1 fully saturated rings. The number of anilines is 2. The van der Waals surface area contributed by atoms with Crippen LogP contribution in [-0.2, 0) is 12.3 Å². The van der Waals surface area contributed by atoms with Crippen LogP contribution in [0.2, 0.25) is 0 Å². The number of hydrogen-bond acceptors (Lipinski definition) is 6. The van der Waals surface area contributed by atoms with Gasteiger partial charge in [-0.15, -0.1) is 0 Å². The maximum Gasteiger partial charge on any atom is 0.255 e. The molecule has 2 unspecified atom stereocenters.